The topological polar surface area (TPSA) is 197 Å². The summed E-state index contributed by atoms with van der Waals surface area (Å²) in [5.74, 6) is -4.61. The van der Waals surface area contributed by atoms with Gasteiger partial charge in [0.15, 0.2) is 5.78 Å². The predicted molar refractivity (Wildman–Crippen MR) is 204 cm³/mol. The molecule has 0 aromatic heterocycles. The van der Waals surface area contributed by atoms with Crippen molar-refractivity contribution in [3.05, 3.63) is 142 Å². The third kappa shape index (κ3) is 14.1. The van der Waals surface area contributed by atoms with Gasteiger partial charge in [0, 0.05) is 37.5 Å². The Morgan fingerprint density at radius 2 is 1.35 bits per heavy atom. The van der Waals surface area contributed by atoms with Gasteiger partial charge in [0.25, 0.3) is 0 Å². The molecule has 0 radical (unpaired) electrons. The van der Waals surface area contributed by atoms with E-state index in [1.165, 1.54) is 12.1 Å². The molecule has 4 aromatic carbocycles. The van der Waals surface area contributed by atoms with Gasteiger partial charge < -0.3 is 22.1 Å². The monoisotopic (exact) mass is 778 g/mol. The number of amidine groups is 1. The number of carbonyl (C=O) groups excluding carboxylic acids is 3. The molecule has 292 valence electrons. The molecule has 0 saturated carbocycles. The summed E-state index contributed by atoms with van der Waals surface area (Å²) in [5.41, 5.74) is 15.6. The molecule has 0 heterocycles. The van der Waals surface area contributed by atoms with Gasteiger partial charge in [-0.2, -0.15) is 13.2 Å². The number of Topliss-reactive ketones (excluding diaryl/α,β-unsaturated/α-hetero) is 1. The number of ketones is 1. The van der Waals surface area contributed by atoms with E-state index in [1.54, 1.807) is 60.7 Å². The number of hydrogen-bond donors (Lipinski definition) is 6. The van der Waals surface area contributed by atoms with Gasteiger partial charge in [0.05, 0.1) is 11.8 Å². The van der Waals surface area contributed by atoms with E-state index in [4.69, 9.17) is 16.9 Å². The van der Waals surface area contributed by atoms with Crippen LogP contribution >= 0.6 is 0 Å². The standard InChI is InChI=1S/C40H45F3N6O5S/c41-40(42,43)39(52)48-25-32-10-4-9-31(20-32)21-34(38(51)47-24-29-16-18-33(19-17-29)37(45)46)22-36(50)35(11-5-8-27-6-2-1-3-7-27)49-55(53,54)26-30-14-12-28(23-44)13-15-30/h1-4,6-7,9-10,12-20,34-35,49H,5,8,11,21-26,44H2,(H3,45,46)(H,47,51)(H,48,52)/t34-,35-/m1/s1. The summed E-state index contributed by atoms with van der Waals surface area (Å²) < 4.78 is 67.9. The van der Waals surface area contributed by atoms with Crippen molar-refractivity contribution in [2.75, 3.05) is 0 Å². The maximum atomic E-state index is 14.1. The van der Waals surface area contributed by atoms with Crippen LogP contribution in [0.1, 0.15) is 58.2 Å². The molecule has 2 amide bonds. The largest absolute Gasteiger partial charge is 0.471 e. The first kappa shape index (κ1) is 42.4. The first-order valence-electron chi connectivity index (χ1n) is 17.6. The van der Waals surface area contributed by atoms with E-state index in [2.05, 4.69) is 10.0 Å². The Balaban J connectivity index is 1.56. The average Bonchev–Trinajstić information content (AvgIpc) is 3.15. The number of nitrogen functional groups attached to an aromatic ring is 1. The molecule has 0 aliphatic heterocycles. The van der Waals surface area contributed by atoms with E-state index in [0.29, 0.717) is 47.2 Å². The van der Waals surface area contributed by atoms with Crippen molar-refractivity contribution >= 4 is 33.5 Å². The Bertz CT molecular complexity index is 2030. The number of aryl methyl sites for hydroxylation is 1. The number of carbonyl (C=O) groups is 3. The van der Waals surface area contributed by atoms with Crippen LogP contribution in [0.5, 0.6) is 0 Å². The zero-order valence-electron chi connectivity index (χ0n) is 30.1. The van der Waals surface area contributed by atoms with Crippen molar-refractivity contribution in [3.63, 3.8) is 0 Å². The van der Waals surface area contributed by atoms with Crippen LogP contribution in [0.4, 0.5) is 13.2 Å². The lowest BCUT2D eigenvalue weighted by Gasteiger charge is -2.22. The van der Waals surface area contributed by atoms with Gasteiger partial charge in [0.2, 0.25) is 15.9 Å². The van der Waals surface area contributed by atoms with Gasteiger partial charge in [-0.1, -0.05) is 103 Å². The van der Waals surface area contributed by atoms with Gasteiger partial charge in [-0.25, -0.2) is 13.1 Å². The second-order valence-electron chi connectivity index (χ2n) is 13.2. The normalized spacial score (nSPS) is 12.7. The second kappa shape index (κ2) is 19.8. The Kier molecular flexibility index (Phi) is 15.3. The number of hydrogen-bond acceptors (Lipinski definition) is 7. The van der Waals surface area contributed by atoms with Crippen LogP contribution in [0, 0.1) is 11.3 Å². The van der Waals surface area contributed by atoms with Crippen molar-refractivity contribution in [2.45, 2.75) is 69.7 Å². The van der Waals surface area contributed by atoms with Crippen molar-refractivity contribution < 1.29 is 36.0 Å². The molecule has 0 spiro atoms. The van der Waals surface area contributed by atoms with Crippen LogP contribution in [0.25, 0.3) is 0 Å². The third-order valence-corrected chi connectivity index (χ3v) is 10.2. The number of nitrogens with two attached hydrogens (primary N) is 2. The second-order valence-corrected chi connectivity index (χ2v) is 15.0. The molecule has 8 N–H and O–H groups in total. The minimum atomic E-state index is -5.05. The lowest BCUT2D eigenvalue weighted by molar-refractivity contribution is -0.173. The van der Waals surface area contributed by atoms with Crippen LogP contribution in [-0.4, -0.2) is 44.1 Å². The van der Waals surface area contributed by atoms with Gasteiger partial charge in [0.1, 0.15) is 5.84 Å². The Morgan fingerprint density at radius 3 is 1.98 bits per heavy atom. The molecular formula is C40H45F3N6O5S. The predicted octanol–water partition coefficient (Wildman–Crippen LogP) is 4.55. The van der Waals surface area contributed by atoms with Gasteiger partial charge in [-0.15, -0.1) is 0 Å². The number of amides is 2. The fourth-order valence-electron chi connectivity index (χ4n) is 5.90. The van der Waals surface area contributed by atoms with Crippen molar-refractivity contribution in [3.8, 4) is 0 Å². The summed E-state index contributed by atoms with van der Waals surface area (Å²) in [6.07, 6.45) is -4.22. The molecule has 4 rings (SSSR count). The maximum Gasteiger partial charge on any atom is 0.471 e. The van der Waals surface area contributed by atoms with Crippen LogP contribution in [0.2, 0.25) is 0 Å². The highest BCUT2D eigenvalue weighted by Crippen LogP contribution is 2.20. The zero-order valence-corrected chi connectivity index (χ0v) is 30.9. The summed E-state index contributed by atoms with van der Waals surface area (Å²) >= 11 is 0. The first-order chi connectivity index (χ1) is 26.1. The molecule has 0 aliphatic carbocycles. The summed E-state index contributed by atoms with van der Waals surface area (Å²) in [5, 5.41) is 12.3. The number of rotatable bonds is 20. The number of nitrogens with one attached hydrogen (secondary N) is 4. The fraction of sp³-hybridized carbons (Fsp3) is 0.300. The Hall–Kier alpha value is -5.38. The van der Waals surface area contributed by atoms with Gasteiger partial charge in [-0.05, 0) is 59.1 Å². The van der Waals surface area contributed by atoms with Crippen molar-refractivity contribution in [2.24, 2.45) is 17.4 Å². The molecule has 15 heteroatoms. The highest BCUT2D eigenvalue weighted by Gasteiger charge is 2.38. The van der Waals surface area contributed by atoms with Crippen molar-refractivity contribution in [1.82, 2.24) is 15.4 Å². The zero-order chi connectivity index (χ0) is 40.0. The molecule has 2 atom stereocenters. The van der Waals surface area contributed by atoms with E-state index >= 15 is 0 Å². The minimum Gasteiger partial charge on any atom is -0.384 e. The molecule has 11 nitrogen and oxygen atoms in total. The first-order valence-corrected chi connectivity index (χ1v) is 19.3. The molecule has 0 bridgehead atoms. The lowest BCUT2D eigenvalue weighted by atomic mass is 9.89. The number of benzene rings is 4. The molecule has 0 unspecified atom stereocenters. The Morgan fingerprint density at radius 1 is 0.745 bits per heavy atom. The minimum absolute atomic E-state index is 0.0150. The number of sulfonamides is 1. The lowest BCUT2D eigenvalue weighted by Crippen LogP contribution is -2.43. The molecule has 55 heavy (non-hydrogen) atoms. The van der Waals surface area contributed by atoms with E-state index in [1.807, 2.05) is 35.6 Å². The Labute approximate surface area is 318 Å². The highest BCUT2D eigenvalue weighted by atomic mass is 32.2. The van der Waals surface area contributed by atoms with Crippen molar-refractivity contribution in [1.29, 1.82) is 5.41 Å². The van der Waals surface area contributed by atoms with Crippen LogP contribution in [-0.2, 0) is 62.6 Å². The number of alkyl halides is 3. The van der Waals surface area contributed by atoms with E-state index in [9.17, 15) is 36.0 Å². The van der Waals surface area contributed by atoms with Crippen LogP contribution in [0.15, 0.2) is 103 Å². The smallest absolute Gasteiger partial charge is 0.384 e. The molecule has 0 fully saturated rings. The SMILES string of the molecule is N=C(N)c1ccc(CNC(=O)[C@@H](CC(=O)[C@@H](CCCc2ccccc2)NS(=O)(=O)Cc2ccc(CN)cc2)Cc2cccc(CNC(=O)C(F)(F)F)c2)cc1. The third-order valence-electron chi connectivity index (χ3n) is 8.86. The highest BCUT2D eigenvalue weighted by molar-refractivity contribution is 7.88. The molecule has 4 aromatic rings. The van der Waals surface area contributed by atoms with Gasteiger partial charge >= 0.3 is 12.1 Å². The van der Waals surface area contributed by atoms with E-state index in [0.717, 1.165) is 11.1 Å². The molecular weight excluding hydrogens is 734 g/mol. The summed E-state index contributed by atoms with van der Waals surface area (Å²) in [6.45, 7) is -0.0527. The van der Waals surface area contributed by atoms with E-state index < -0.39 is 52.3 Å². The van der Waals surface area contributed by atoms with Crippen LogP contribution < -0.4 is 26.8 Å². The summed E-state index contributed by atoms with van der Waals surface area (Å²) in [4.78, 5) is 39.3. The van der Waals surface area contributed by atoms with E-state index in [-0.39, 0.29) is 37.4 Å². The van der Waals surface area contributed by atoms with Gasteiger partial charge in [-0.3, -0.25) is 19.8 Å². The number of halogens is 3. The summed E-state index contributed by atoms with van der Waals surface area (Å²) in [6, 6.07) is 28.1. The summed E-state index contributed by atoms with van der Waals surface area (Å²) in [7, 11) is -4.04. The maximum absolute atomic E-state index is 14.1. The molecule has 0 saturated heterocycles. The fourth-order valence-corrected chi connectivity index (χ4v) is 7.30. The quantitative estimate of drug-likeness (QED) is 0.0559. The average molecular weight is 779 g/mol. The van der Waals surface area contributed by atoms with Crippen LogP contribution in [0.3, 0.4) is 0 Å². The molecule has 0 aliphatic rings.